The first kappa shape index (κ1) is 25.7. The highest BCUT2D eigenvalue weighted by atomic mass is 19.1. The molecule has 5 rings (SSSR count). The van der Waals surface area contributed by atoms with E-state index in [-0.39, 0.29) is 23.7 Å². The van der Waals surface area contributed by atoms with Crippen LogP contribution in [0.3, 0.4) is 0 Å². The number of ketones is 1. The predicted octanol–water partition coefficient (Wildman–Crippen LogP) is 5.18. The highest BCUT2D eigenvalue weighted by molar-refractivity contribution is 6.45. The zero-order chi connectivity index (χ0) is 27.7. The van der Waals surface area contributed by atoms with Crippen molar-refractivity contribution in [2.45, 2.75) is 13.5 Å². The molecule has 0 aliphatic heterocycles. The van der Waals surface area contributed by atoms with Gasteiger partial charge in [-0.25, -0.2) is 9.18 Å². The van der Waals surface area contributed by atoms with Crippen LogP contribution in [-0.4, -0.2) is 35.9 Å². The highest BCUT2D eigenvalue weighted by Gasteiger charge is 2.28. The van der Waals surface area contributed by atoms with Gasteiger partial charge < -0.3 is 19.8 Å². The van der Waals surface area contributed by atoms with E-state index in [0.717, 1.165) is 27.5 Å². The molecule has 0 spiro atoms. The van der Waals surface area contributed by atoms with E-state index in [2.05, 4.69) is 0 Å². The average Bonchev–Trinajstić information content (AvgIpc) is 3.23. The first-order valence-corrected chi connectivity index (χ1v) is 12.2. The number of methoxy groups -OCH3 is 1. The van der Waals surface area contributed by atoms with Crippen LogP contribution in [-0.2, 0) is 20.9 Å². The molecule has 0 atom stereocenters. The Morgan fingerprint density at radius 3 is 2.38 bits per heavy atom. The Kier molecular flexibility index (Phi) is 6.85. The van der Waals surface area contributed by atoms with Gasteiger partial charge in [-0.3, -0.25) is 9.59 Å². The maximum Gasteiger partial charge on any atom is 0.343 e. The molecule has 0 saturated heterocycles. The monoisotopic (exact) mass is 524 g/mol. The first-order valence-electron chi connectivity index (χ1n) is 12.2. The second kappa shape index (κ2) is 10.4. The Morgan fingerprint density at radius 1 is 0.923 bits per heavy atom. The van der Waals surface area contributed by atoms with Crippen LogP contribution >= 0.6 is 0 Å². The van der Waals surface area contributed by atoms with E-state index >= 15 is 0 Å². The zero-order valence-electron chi connectivity index (χ0n) is 21.4. The maximum absolute atomic E-state index is 13.5. The number of benzene rings is 4. The minimum absolute atomic E-state index is 0.123. The van der Waals surface area contributed by atoms with Crippen molar-refractivity contribution in [1.82, 2.24) is 4.57 Å². The quantitative estimate of drug-likeness (QED) is 0.171. The minimum Gasteiger partial charge on any atom is -0.481 e. The molecule has 0 radical (unpaired) electrons. The molecule has 5 aromatic rings. The van der Waals surface area contributed by atoms with Crippen LogP contribution in [0.1, 0.15) is 21.6 Å². The van der Waals surface area contributed by atoms with Crippen LogP contribution in [0, 0.1) is 12.7 Å². The zero-order valence-corrected chi connectivity index (χ0v) is 21.4. The van der Waals surface area contributed by atoms with Gasteiger partial charge in [-0.1, -0.05) is 54.6 Å². The van der Waals surface area contributed by atoms with Gasteiger partial charge in [0.2, 0.25) is 0 Å². The van der Waals surface area contributed by atoms with E-state index < -0.39 is 17.7 Å². The topological polar surface area (TPSA) is 101 Å². The normalized spacial score (nSPS) is 11.1. The van der Waals surface area contributed by atoms with Gasteiger partial charge in [0.15, 0.2) is 6.61 Å². The van der Waals surface area contributed by atoms with Crippen molar-refractivity contribution >= 4 is 39.3 Å². The van der Waals surface area contributed by atoms with Gasteiger partial charge in [-0.05, 0) is 53.3 Å². The molecule has 0 unspecified atom stereocenters. The summed E-state index contributed by atoms with van der Waals surface area (Å²) in [5.41, 5.74) is 9.45. The molecule has 0 aliphatic carbocycles. The van der Waals surface area contributed by atoms with E-state index in [0.29, 0.717) is 23.1 Å². The van der Waals surface area contributed by atoms with Gasteiger partial charge in [0, 0.05) is 17.6 Å². The summed E-state index contributed by atoms with van der Waals surface area (Å²) in [4.78, 5) is 37.1. The van der Waals surface area contributed by atoms with Crippen molar-refractivity contribution < 1.29 is 28.2 Å². The summed E-state index contributed by atoms with van der Waals surface area (Å²) in [7, 11) is 1.25. The van der Waals surface area contributed by atoms with E-state index in [1.165, 1.54) is 19.2 Å². The van der Waals surface area contributed by atoms with Crippen LogP contribution in [0.2, 0.25) is 0 Å². The Hall–Kier alpha value is -4.98. The summed E-state index contributed by atoms with van der Waals surface area (Å²) >= 11 is 0. The number of esters is 1. The molecule has 2 N–H and O–H groups in total. The van der Waals surface area contributed by atoms with Gasteiger partial charge in [-0.2, -0.15) is 0 Å². The van der Waals surface area contributed by atoms with Gasteiger partial charge >= 0.3 is 5.97 Å². The molecule has 0 aliphatic rings. The molecule has 1 aromatic heterocycles. The van der Waals surface area contributed by atoms with Crippen LogP contribution < -0.4 is 10.5 Å². The van der Waals surface area contributed by atoms with Crippen LogP contribution in [0.5, 0.6) is 5.75 Å². The molecular formula is C31H25FN2O5. The third-order valence-corrected chi connectivity index (χ3v) is 6.74. The number of amides is 1. The molecular weight excluding hydrogens is 499 g/mol. The van der Waals surface area contributed by atoms with Crippen molar-refractivity contribution in [3.63, 3.8) is 0 Å². The predicted molar refractivity (Wildman–Crippen MR) is 146 cm³/mol. The van der Waals surface area contributed by atoms with E-state index in [1.54, 1.807) is 25.1 Å². The first-order chi connectivity index (χ1) is 18.8. The molecule has 4 aromatic carbocycles. The Labute approximate surface area is 223 Å². The Morgan fingerprint density at radius 2 is 1.67 bits per heavy atom. The number of aromatic nitrogens is 1. The second-order valence-corrected chi connectivity index (χ2v) is 9.13. The molecule has 196 valence electrons. The lowest BCUT2D eigenvalue weighted by molar-refractivity contribution is -0.142. The van der Waals surface area contributed by atoms with E-state index in [9.17, 15) is 18.8 Å². The van der Waals surface area contributed by atoms with Gasteiger partial charge in [0.1, 0.15) is 11.6 Å². The smallest absolute Gasteiger partial charge is 0.343 e. The fourth-order valence-corrected chi connectivity index (χ4v) is 4.89. The summed E-state index contributed by atoms with van der Waals surface area (Å²) in [6.45, 7) is 1.73. The third kappa shape index (κ3) is 4.84. The SMILES string of the molecule is COC(=O)COc1cc2ccccc2c2c1c(C(=O)C(N)=O)c(C)n2Cc1cccc(-c2ccc(F)cc2)c1. The third-order valence-electron chi connectivity index (χ3n) is 6.74. The van der Waals surface area contributed by atoms with Crippen molar-refractivity contribution in [2.75, 3.05) is 13.7 Å². The van der Waals surface area contributed by atoms with E-state index in [1.807, 2.05) is 53.1 Å². The summed E-state index contributed by atoms with van der Waals surface area (Å²) in [6, 6.07) is 23.4. The lowest BCUT2D eigenvalue weighted by Gasteiger charge is -2.14. The molecule has 0 saturated carbocycles. The maximum atomic E-state index is 13.5. The highest BCUT2D eigenvalue weighted by Crippen LogP contribution is 2.40. The van der Waals surface area contributed by atoms with Crippen LogP contribution in [0.15, 0.2) is 78.9 Å². The lowest BCUT2D eigenvalue weighted by Crippen LogP contribution is -2.24. The van der Waals surface area contributed by atoms with Crippen LogP contribution in [0.4, 0.5) is 4.39 Å². The molecule has 7 nitrogen and oxygen atoms in total. The summed E-state index contributed by atoms with van der Waals surface area (Å²) in [5, 5.41) is 2.05. The number of hydrogen-bond donors (Lipinski definition) is 1. The largest absolute Gasteiger partial charge is 0.481 e. The fourth-order valence-electron chi connectivity index (χ4n) is 4.89. The van der Waals surface area contributed by atoms with Gasteiger partial charge in [0.05, 0.1) is 23.6 Å². The number of primary amides is 1. The van der Waals surface area contributed by atoms with Crippen molar-refractivity contribution in [1.29, 1.82) is 0 Å². The number of Topliss-reactive ketones (excluding diaryl/α,β-unsaturated/α-hetero) is 1. The lowest BCUT2D eigenvalue weighted by atomic mass is 10.0. The number of carbonyl (C=O) groups excluding carboxylic acids is 3. The van der Waals surface area contributed by atoms with Crippen molar-refractivity contribution in [2.24, 2.45) is 5.73 Å². The number of nitrogens with zero attached hydrogens (tertiary/aromatic N) is 1. The number of carbonyl (C=O) groups is 3. The molecule has 0 bridgehead atoms. The van der Waals surface area contributed by atoms with Crippen LogP contribution in [0.25, 0.3) is 32.8 Å². The number of ether oxygens (including phenoxy) is 2. The van der Waals surface area contributed by atoms with Gasteiger partial charge in [-0.15, -0.1) is 0 Å². The summed E-state index contributed by atoms with van der Waals surface area (Å²) < 4.78 is 26.0. The molecule has 8 heteroatoms. The number of rotatable bonds is 8. The van der Waals surface area contributed by atoms with Crippen molar-refractivity contribution in [3.05, 3.63) is 102 Å². The average molecular weight is 525 g/mol. The summed E-state index contributed by atoms with van der Waals surface area (Å²) in [6.07, 6.45) is 0. The molecule has 39 heavy (non-hydrogen) atoms. The second-order valence-electron chi connectivity index (χ2n) is 9.13. The molecule has 1 heterocycles. The fraction of sp³-hybridized carbons (Fsp3) is 0.129. The molecule has 0 fully saturated rings. The number of nitrogens with two attached hydrogens (primary N) is 1. The standard InChI is InChI=1S/C31H25FN2O5/c1-18-27(30(36)31(33)37)28-25(39-17-26(35)38-2)15-22-7-3-4-9-24(22)29(28)34(18)16-19-6-5-8-21(14-19)20-10-12-23(32)13-11-20/h3-15H,16-17H2,1-2H3,(H2,33,37). The number of fused-ring (bicyclic) bond motifs is 3. The Bertz CT molecular complexity index is 1760. The molecule has 1 amide bonds. The Balaban J connectivity index is 1.74. The summed E-state index contributed by atoms with van der Waals surface area (Å²) in [5.74, 6) is -2.58. The van der Waals surface area contributed by atoms with Gasteiger partial charge in [0.25, 0.3) is 11.7 Å². The number of halogens is 1. The van der Waals surface area contributed by atoms with E-state index in [4.69, 9.17) is 15.2 Å². The minimum atomic E-state index is -1.09. The van der Waals surface area contributed by atoms with Crippen molar-refractivity contribution in [3.8, 4) is 16.9 Å². The number of hydrogen-bond acceptors (Lipinski definition) is 5.